The smallest absolute Gasteiger partial charge is 0.421 e. The fourth-order valence-corrected chi connectivity index (χ4v) is 4.82. The van der Waals surface area contributed by atoms with E-state index in [-0.39, 0.29) is 23.7 Å². The number of halogens is 4. The molecule has 0 saturated carbocycles. The van der Waals surface area contributed by atoms with Crippen molar-refractivity contribution in [3.05, 3.63) is 41.2 Å². The van der Waals surface area contributed by atoms with Crippen LogP contribution in [0.4, 0.5) is 29.6 Å². The summed E-state index contributed by atoms with van der Waals surface area (Å²) in [6.45, 7) is 4.26. The van der Waals surface area contributed by atoms with Crippen molar-refractivity contribution < 1.29 is 22.7 Å². The number of fused-ring (bicyclic) bond motifs is 1. The molecule has 31 heavy (non-hydrogen) atoms. The summed E-state index contributed by atoms with van der Waals surface area (Å²) in [6.07, 6.45) is -1.32. The van der Waals surface area contributed by atoms with Gasteiger partial charge in [-0.3, -0.25) is 4.90 Å². The van der Waals surface area contributed by atoms with Gasteiger partial charge in [0.2, 0.25) is 5.95 Å². The molecule has 3 aliphatic heterocycles. The van der Waals surface area contributed by atoms with E-state index in [1.54, 1.807) is 30.3 Å². The molecule has 4 heterocycles. The SMILES string of the molecule is CC1COc2c(ccc(Cl)c2C(F)(F)F)N1C(=O)N1CC2(C1)CN(c1ncccn1)C2. The number of nitrogens with zero attached hydrogens (tertiary/aromatic N) is 5. The molecule has 3 aliphatic rings. The summed E-state index contributed by atoms with van der Waals surface area (Å²) in [5.74, 6) is 0.267. The number of anilines is 2. The second-order valence-corrected chi connectivity index (χ2v) is 8.75. The van der Waals surface area contributed by atoms with Gasteiger partial charge in [0.1, 0.15) is 12.2 Å². The Morgan fingerprint density at radius 1 is 1.19 bits per heavy atom. The Bertz CT molecular complexity index is 1020. The molecule has 0 bridgehead atoms. The van der Waals surface area contributed by atoms with Gasteiger partial charge in [-0.1, -0.05) is 11.6 Å². The predicted octanol–water partition coefficient (Wildman–Crippen LogP) is 3.68. The third-order valence-electron chi connectivity index (χ3n) is 5.96. The normalized spacial score (nSPS) is 21.8. The number of carbonyl (C=O) groups is 1. The monoisotopic (exact) mass is 453 g/mol. The third-order valence-corrected chi connectivity index (χ3v) is 6.27. The number of benzene rings is 1. The number of alkyl halides is 3. The molecule has 2 aromatic rings. The van der Waals surface area contributed by atoms with Crippen molar-refractivity contribution in [2.45, 2.75) is 19.1 Å². The number of aromatic nitrogens is 2. The van der Waals surface area contributed by atoms with Gasteiger partial charge in [0.15, 0.2) is 5.75 Å². The molecule has 1 atom stereocenters. The van der Waals surface area contributed by atoms with Crippen LogP contribution >= 0.6 is 11.6 Å². The van der Waals surface area contributed by atoms with Gasteiger partial charge in [-0.2, -0.15) is 13.2 Å². The highest BCUT2D eigenvalue weighted by atomic mass is 35.5. The number of urea groups is 1. The Kier molecular flexibility index (Phi) is 4.47. The van der Waals surface area contributed by atoms with Crippen molar-refractivity contribution in [1.82, 2.24) is 14.9 Å². The number of ether oxygens (including phenoxy) is 1. The molecule has 0 aliphatic carbocycles. The lowest BCUT2D eigenvalue weighted by atomic mass is 9.73. The van der Waals surface area contributed by atoms with E-state index in [2.05, 4.69) is 9.97 Å². The number of rotatable bonds is 1. The molecule has 164 valence electrons. The molecule has 0 radical (unpaired) electrons. The summed E-state index contributed by atoms with van der Waals surface area (Å²) in [5.41, 5.74) is -0.979. The van der Waals surface area contributed by atoms with Crippen molar-refractivity contribution in [2.24, 2.45) is 5.41 Å². The van der Waals surface area contributed by atoms with Crippen molar-refractivity contribution >= 4 is 29.3 Å². The molecular formula is C20H19ClF3N5O2. The topological polar surface area (TPSA) is 61.8 Å². The Labute approximate surface area is 181 Å². The average Bonchev–Trinajstić information content (AvgIpc) is 2.65. The van der Waals surface area contributed by atoms with Crippen molar-refractivity contribution in [2.75, 3.05) is 42.6 Å². The maximum Gasteiger partial charge on any atom is 0.421 e. The van der Waals surface area contributed by atoms with E-state index in [0.717, 1.165) is 19.2 Å². The van der Waals surface area contributed by atoms with E-state index in [1.807, 2.05) is 4.90 Å². The minimum Gasteiger partial charge on any atom is -0.489 e. The Hall–Kier alpha value is -2.75. The van der Waals surface area contributed by atoms with Crippen molar-refractivity contribution in [3.8, 4) is 5.75 Å². The quantitative estimate of drug-likeness (QED) is 0.659. The largest absolute Gasteiger partial charge is 0.489 e. The van der Waals surface area contributed by atoms with Crippen LogP contribution in [0.25, 0.3) is 0 Å². The second kappa shape index (κ2) is 6.88. The van der Waals surface area contributed by atoms with Crippen LogP contribution in [0.5, 0.6) is 5.75 Å². The van der Waals surface area contributed by atoms with Crippen LogP contribution in [0, 0.1) is 5.41 Å². The van der Waals surface area contributed by atoms with Crippen molar-refractivity contribution in [1.29, 1.82) is 0 Å². The maximum atomic E-state index is 13.5. The first-order valence-corrected chi connectivity index (χ1v) is 10.2. The van der Waals surface area contributed by atoms with E-state index < -0.39 is 28.6 Å². The Balaban J connectivity index is 1.33. The van der Waals surface area contributed by atoms with Crippen LogP contribution in [0.1, 0.15) is 12.5 Å². The van der Waals surface area contributed by atoms with Gasteiger partial charge < -0.3 is 14.5 Å². The van der Waals surface area contributed by atoms with Crippen LogP contribution in [0.2, 0.25) is 5.02 Å². The fourth-order valence-electron chi connectivity index (χ4n) is 4.57. The number of hydrogen-bond acceptors (Lipinski definition) is 5. The highest BCUT2D eigenvalue weighted by Crippen LogP contribution is 2.49. The third kappa shape index (κ3) is 3.24. The fraction of sp³-hybridized carbons (Fsp3) is 0.450. The van der Waals surface area contributed by atoms with Crippen LogP contribution in [0.3, 0.4) is 0 Å². The van der Waals surface area contributed by atoms with Crippen LogP contribution in [-0.4, -0.2) is 59.7 Å². The van der Waals surface area contributed by atoms with Gasteiger partial charge in [-0.25, -0.2) is 14.8 Å². The van der Waals surface area contributed by atoms with Gasteiger partial charge >= 0.3 is 12.2 Å². The lowest BCUT2D eigenvalue weighted by Gasteiger charge is -2.60. The van der Waals surface area contributed by atoms with Gasteiger partial charge in [-0.05, 0) is 25.1 Å². The van der Waals surface area contributed by atoms with Crippen LogP contribution in [-0.2, 0) is 6.18 Å². The second-order valence-electron chi connectivity index (χ2n) is 8.34. The summed E-state index contributed by atoms with van der Waals surface area (Å²) < 4.78 is 46.0. The van der Waals surface area contributed by atoms with E-state index in [0.29, 0.717) is 19.0 Å². The minimum atomic E-state index is -4.69. The van der Waals surface area contributed by atoms with E-state index in [9.17, 15) is 18.0 Å². The van der Waals surface area contributed by atoms with Crippen molar-refractivity contribution in [3.63, 3.8) is 0 Å². The molecule has 7 nitrogen and oxygen atoms in total. The van der Waals surface area contributed by atoms with Gasteiger partial charge in [-0.15, -0.1) is 0 Å². The zero-order valence-electron chi connectivity index (χ0n) is 16.6. The van der Waals surface area contributed by atoms with Gasteiger partial charge in [0, 0.05) is 44.0 Å². The van der Waals surface area contributed by atoms with E-state index in [4.69, 9.17) is 16.3 Å². The molecule has 11 heteroatoms. The number of likely N-dealkylation sites (tertiary alicyclic amines) is 1. The first-order valence-electron chi connectivity index (χ1n) is 9.81. The number of amides is 2. The molecule has 2 saturated heterocycles. The molecular weight excluding hydrogens is 435 g/mol. The number of carbonyl (C=O) groups excluding carboxylic acids is 1. The predicted molar refractivity (Wildman–Crippen MR) is 108 cm³/mol. The number of hydrogen-bond donors (Lipinski definition) is 0. The average molecular weight is 454 g/mol. The van der Waals surface area contributed by atoms with Gasteiger partial charge in [0.25, 0.3) is 0 Å². The standard InChI is InChI=1S/C20H19ClF3N5O2/c1-12-7-31-16-14(4-3-13(21)15(16)20(22,23)24)29(12)18(30)28-10-19(11-28)8-27(9-19)17-25-5-2-6-26-17/h2-6,12H,7-11H2,1H3. The zero-order valence-corrected chi connectivity index (χ0v) is 17.3. The molecule has 5 rings (SSSR count). The molecule has 1 spiro atoms. The maximum absolute atomic E-state index is 13.5. The molecule has 0 N–H and O–H groups in total. The minimum absolute atomic E-state index is 0.0235. The molecule has 1 aromatic carbocycles. The van der Waals surface area contributed by atoms with Crippen LogP contribution in [0.15, 0.2) is 30.6 Å². The summed E-state index contributed by atoms with van der Waals surface area (Å²) in [5, 5.41) is -0.450. The first-order chi connectivity index (χ1) is 14.7. The lowest BCUT2D eigenvalue weighted by Crippen LogP contribution is -2.74. The van der Waals surface area contributed by atoms with E-state index >= 15 is 0 Å². The summed E-state index contributed by atoms with van der Waals surface area (Å²) in [7, 11) is 0. The molecule has 1 unspecified atom stereocenters. The molecule has 1 aromatic heterocycles. The van der Waals surface area contributed by atoms with Crippen LogP contribution < -0.4 is 14.5 Å². The highest BCUT2D eigenvalue weighted by molar-refractivity contribution is 6.31. The Morgan fingerprint density at radius 2 is 1.87 bits per heavy atom. The summed E-state index contributed by atoms with van der Waals surface area (Å²) in [4.78, 5) is 26.8. The zero-order chi connectivity index (χ0) is 22.0. The lowest BCUT2D eigenvalue weighted by molar-refractivity contribution is -0.139. The summed E-state index contributed by atoms with van der Waals surface area (Å²) in [6, 6.07) is 3.59. The summed E-state index contributed by atoms with van der Waals surface area (Å²) >= 11 is 5.81. The Morgan fingerprint density at radius 3 is 2.52 bits per heavy atom. The van der Waals surface area contributed by atoms with E-state index in [1.165, 1.54) is 11.0 Å². The molecule has 2 amide bonds. The first kappa shape index (κ1) is 20.2. The highest BCUT2D eigenvalue weighted by Gasteiger charge is 2.55. The molecule has 2 fully saturated rings. The van der Waals surface area contributed by atoms with Gasteiger partial charge in [0.05, 0.1) is 16.8 Å².